The highest BCUT2D eigenvalue weighted by Gasteiger charge is 2.45. The van der Waals surface area contributed by atoms with Crippen molar-refractivity contribution in [3.63, 3.8) is 0 Å². The third kappa shape index (κ3) is 6.36. The quantitative estimate of drug-likeness (QED) is 0.138. The highest BCUT2D eigenvalue weighted by molar-refractivity contribution is 6.06. The molecule has 0 radical (unpaired) electrons. The average Bonchev–Trinajstić information content (AvgIpc) is 3.42. The van der Waals surface area contributed by atoms with E-state index >= 15 is 0 Å². The monoisotopic (exact) mass is 605 g/mol. The summed E-state index contributed by atoms with van der Waals surface area (Å²) in [5, 5.41) is 16.2. The number of amides is 2. The number of rotatable bonds is 10. The first-order valence-corrected chi connectivity index (χ1v) is 15.9. The van der Waals surface area contributed by atoms with Gasteiger partial charge in [0, 0.05) is 45.6 Å². The minimum absolute atomic E-state index is 0.286. The smallest absolute Gasteiger partial charge is 0.328 e. The molecule has 3 aromatic carbocycles. The normalized spacial score (nSPS) is 16.3. The molecule has 4 aromatic rings. The molecule has 4 N–H and O–H groups in total. The molecule has 2 aliphatic rings. The van der Waals surface area contributed by atoms with Gasteiger partial charge in [-0.3, -0.25) is 9.59 Å². The molecule has 232 valence electrons. The van der Waals surface area contributed by atoms with E-state index in [1.54, 1.807) is 18.2 Å². The maximum Gasteiger partial charge on any atom is 0.328 e. The second-order valence-corrected chi connectivity index (χ2v) is 12.1. The second-order valence-electron chi connectivity index (χ2n) is 12.1. The lowest BCUT2D eigenvalue weighted by atomic mass is 9.75. The number of anilines is 1. The van der Waals surface area contributed by atoms with Gasteiger partial charge in [-0.1, -0.05) is 55.7 Å². The highest BCUT2D eigenvalue weighted by Crippen LogP contribution is 2.42. The zero-order valence-electron chi connectivity index (χ0n) is 25.5. The summed E-state index contributed by atoms with van der Waals surface area (Å²) in [5.41, 5.74) is 5.12. The first-order valence-electron chi connectivity index (χ1n) is 15.9. The van der Waals surface area contributed by atoms with Gasteiger partial charge in [-0.2, -0.15) is 0 Å². The third-order valence-corrected chi connectivity index (χ3v) is 9.15. The number of carboxylic acid groups (broad SMARTS) is 1. The predicted octanol–water partition coefficient (Wildman–Crippen LogP) is 7.67. The topological polar surface area (TPSA) is 121 Å². The summed E-state index contributed by atoms with van der Waals surface area (Å²) in [4.78, 5) is 41.9. The van der Waals surface area contributed by atoms with Crippen molar-refractivity contribution in [2.45, 2.75) is 69.7 Å². The molecule has 0 saturated heterocycles. The summed E-state index contributed by atoms with van der Waals surface area (Å²) in [6, 6.07) is 21.3. The molecule has 2 aliphatic carbocycles. The predicted molar refractivity (Wildman–Crippen MR) is 177 cm³/mol. The standard InChI is InChI=1S/C37H39N3O5/c1-2-45-31-23-28(17-14-24(31)16-19-32(41)42)38-36(44)37(20-9-21-37)40-35(43)27-15-18-29-30(22-27)39-34(26-12-7-4-8-13-26)33(29)25-10-5-3-6-11-25/h4,7-8,12-19,22-23,25,39H,2-3,5-6,9-11,20-21H2,1H3,(H,38,44)(H,40,43)(H,41,42)/b19-16+. The SMILES string of the molecule is CCOc1cc(NC(=O)C2(NC(=O)c3ccc4c(C5CCCCC5)c(-c5ccccc5)[nH]c4c3)CCC2)ccc1/C=C/C(=O)O. The summed E-state index contributed by atoms with van der Waals surface area (Å²) >= 11 is 0. The molecule has 1 heterocycles. The van der Waals surface area contributed by atoms with Crippen LogP contribution in [0.15, 0.2) is 72.8 Å². The lowest BCUT2D eigenvalue weighted by Gasteiger charge is -2.40. The van der Waals surface area contributed by atoms with Crippen molar-refractivity contribution in [1.29, 1.82) is 0 Å². The van der Waals surface area contributed by atoms with E-state index in [0.717, 1.165) is 34.7 Å². The Morgan fingerprint density at radius 2 is 1.76 bits per heavy atom. The molecular formula is C37H39N3O5. The van der Waals surface area contributed by atoms with E-state index in [-0.39, 0.29) is 11.8 Å². The van der Waals surface area contributed by atoms with Crippen LogP contribution in [0.2, 0.25) is 0 Å². The number of benzene rings is 3. The average molecular weight is 606 g/mol. The van der Waals surface area contributed by atoms with Gasteiger partial charge in [-0.25, -0.2) is 4.79 Å². The number of hydrogen-bond acceptors (Lipinski definition) is 4. The van der Waals surface area contributed by atoms with Crippen LogP contribution in [0, 0.1) is 0 Å². The maximum absolute atomic E-state index is 13.6. The largest absolute Gasteiger partial charge is 0.493 e. The first-order chi connectivity index (χ1) is 21.9. The van der Waals surface area contributed by atoms with Crippen molar-refractivity contribution in [3.05, 3.63) is 89.5 Å². The summed E-state index contributed by atoms with van der Waals surface area (Å²) in [6.45, 7) is 2.21. The van der Waals surface area contributed by atoms with Crippen LogP contribution in [-0.2, 0) is 9.59 Å². The summed E-state index contributed by atoms with van der Waals surface area (Å²) < 4.78 is 5.68. The van der Waals surface area contributed by atoms with Crippen molar-refractivity contribution < 1.29 is 24.2 Å². The Morgan fingerprint density at radius 3 is 2.44 bits per heavy atom. The van der Waals surface area contributed by atoms with Crippen molar-refractivity contribution in [3.8, 4) is 17.0 Å². The minimum Gasteiger partial charge on any atom is -0.493 e. The Morgan fingerprint density at radius 1 is 0.978 bits per heavy atom. The van der Waals surface area contributed by atoms with Crippen LogP contribution < -0.4 is 15.4 Å². The van der Waals surface area contributed by atoms with Gasteiger partial charge in [-0.15, -0.1) is 0 Å². The van der Waals surface area contributed by atoms with Crippen LogP contribution in [0.25, 0.3) is 28.2 Å². The Labute approximate surface area is 262 Å². The fourth-order valence-corrected chi connectivity index (χ4v) is 6.68. The highest BCUT2D eigenvalue weighted by atomic mass is 16.5. The lowest BCUT2D eigenvalue weighted by Crippen LogP contribution is -2.61. The molecule has 0 aliphatic heterocycles. The molecule has 2 saturated carbocycles. The second kappa shape index (κ2) is 13.0. The van der Waals surface area contributed by atoms with E-state index in [1.807, 2.05) is 25.1 Å². The van der Waals surface area contributed by atoms with Crippen LogP contribution in [0.4, 0.5) is 5.69 Å². The van der Waals surface area contributed by atoms with Crippen LogP contribution in [0.1, 0.15) is 85.7 Å². The number of carbonyl (C=O) groups is 3. The molecule has 2 amide bonds. The van der Waals surface area contributed by atoms with E-state index in [9.17, 15) is 14.4 Å². The maximum atomic E-state index is 13.6. The number of aromatic nitrogens is 1. The molecule has 6 rings (SSSR count). The van der Waals surface area contributed by atoms with Gasteiger partial charge in [0.2, 0.25) is 5.91 Å². The number of carboxylic acids is 1. The van der Waals surface area contributed by atoms with Crippen molar-refractivity contribution in [2.75, 3.05) is 11.9 Å². The molecule has 8 heteroatoms. The van der Waals surface area contributed by atoms with Crippen LogP contribution in [0.5, 0.6) is 5.75 Å². The summed E-state index contributed by atoms with van der Waals surface area (Å²) in [5.74, 6) is -0.693. The molecule has 2 fully saturated rings. The fourth-order valence-electron chi connectivity index (χ4n) is 6.68. The van der Waals surface area contributed by atoms with Gasteiger partial charge in [0.15, 0.2) is 0 Å². The van der Waals surface area contributed by atoms with Gasteiger partial charge >= 0.3 is 5.97 Å². The number of hydrogen-bond donors (Lipinski definition) is 4. The van der Waals surface area contributed by atoms with E-state index in [4.69, 9.17) is 9.84 Å². The number of H-pyrrole nitrogens is 1. The molecule has 8 nitrogen and oxygen atoms in total. The van der Waals surface area contributed by atoms with Gasteiger partial charge in [0.25, 0.3) is 5.91 Å². The molecule has 1 aromatic heterocycles. The number of fused-ring (bicyclic) bond motifs is 1. The van der Waals surface area contributed by atoms with Gasteiger partial charge in [0.1, 0.15) is 11.3 Å². The molecular weight excluding hydrogens is 566 g/mol. The fraction of sp³-hybridized carbons (Fsp3) is 0.324. The Balaban J connectivity index is 1.24. The molecule has 0 unspecified atom stereocenters. The zero-order chi connectivity index (χ0) is 31.4. The van der Waals surface area contributed by atoms with Gasteiger partial charge in [-0.05, 0) is 86.4 Å². The van der Waals surface area contributed by atoms with Crippen LogP contribution in [-0.4, -0.2) is 40.0 Å². The Bertz CT molecular complexity index is 1750. The first kappa shape index (κ1) is 30.2. The van der Waals surface area contributed by atoms with Gasteiger partial charge in [0.05, 0.1) is 6.61 Å². The Hall–Kier alpha value is -4.85. The molecule has 45 heavy (non-hydrogen) atoms. The summed E-state index contributed by atoms with van der Waals surface area (Å²) in [6.07, 6.45) is 10.5. The molecule has 0 atom stereocenters. The van der Waals surface area contributed by atoms with Crippen molar-refractivity contribution in [2.24, 2.45) is 0 Å². The number of aromatic amines is 1. The summed E-state index contributed by atoms with van der Waals surface area (Å²) in [7, 11) is 0. The van der Waals surface area contributed by atoms with Crippen LogP contribution in [0.3, 0.4) is 0 Å². The van der Waals surface area contributed by atoms with Crippen molar-refractivity contribution in [1.82, 2.24) is 10.3 Å². The third-order valence-electron chi connectivity index (χ3n) is 9.15. The van der Waals surface area contributed by atoms with Crippen LogP contribution >= 0.6 is 0 Å². The number of ether oxygens (including phenoxy) is 1. The lowest BCUT2D eigenvalue weighted by molar-refractivity contribution is -0.131. The zero-order valence-corrected chi connectivity index (χ0v) is 25.5. The van der Waals surface area contributed by atoms with E-state index in [2.05, 4.69) is 45.9 Å². The van der Waals surface area contributed by atoms with E-state index in [0.29, 0.717) is 47.9 Å². The minimum atomic E-state index is -1.06. The van der Waals surface area contributed by atoms with Crippen molar-refractivity contribution >= 4 is 40.4 Å². The Kier molecular flexibility index (Phi) is 8.74. The molecule has 0 bridgehead atoms. The van der Waals surface area contributed by atoms with E-state index < -0.39 is 11.5 Å². The number of carbonyl (C=O) groups excluding carboxylic acids is 2. The van der Waals surface area contributed by atoms with E-state index in [1.165, 1.54) is 43.7 Å². The molecule has 0 spiro atoms. The number of nitrogens with one attached hydrogen (secondary N) is 3. The number of aliphatic carboxylic acids is 1. The van der Waals surface area contributed by atoms with Gasteiger partial charge < -0.3 is 25.5 Å².